The normalized spacial score (nSPS) is 17.6. The fraction of sp³-hybridized carbons (Fsp3) is 0.269. The molecule has 1 atom stereocenters. The quantitative estimate of drug-likeness (QED) is 0.102. The molecule has 216 valence electrons. The van der Waals surface area contributed by atoms with E-state index < -0.39 is 57.6 Å². The van der Waals surface area contributed by atoms with Gasteiger partial charge in [0, 0.05) is 5.38 Å². The lowest BCUT2D eigenvalue weighted by Gasteiger charge is -2.46. The van der Waals surface area contributed by atoms with Crippen molar-refractivity contribution in [1.29, 1.82) is 0 Å². The maximum absolute atomic E-state index is 13.3. The molecule has 0 radical (unpaired) electrons. The molecule has 4 N–H and O–H groups in total. The Hall–Kier alpha value is -4.34. The highest BCUT2D eigenvalue weighted by molar-refractivity contribution is 7.84. The molecule has 0 spiro atoms. The van der Waals surface area contributed by atoms with Crippen molar-refractivity contribution in [2.24, 2.45) is 5.16 Å². The maximum atomic E-state index is 13.3. The van der Waals surface area contributed by atoms with Crippen molar-refractivity contribution in [2.75, 3.05) is 5.73 Å². The van der Waals surface area contributed by atoms with Gasteiger partial charge in [0.15, 0.2) is 16.9 Å². The van der Waals surface area contributed by atoms with E-state index in [9.17, 15) is 27.4 Å². The predicted octanol–water partition coefficient (Wildman–Crippen LogP) is 2.42. The Morgan fingerprint density at radius 2 is 1.71 bits per heavy atom. The second-order valence-electron chi connectivity index (χ2n) is 9.76. The molecule has 41 heavy (non-hydrogen) atoms. The minimum atomic E-state index is -4.96. The molecule has 0 saturated carbocycles. The number of rotatable bonds is 10. The third kappa shape index (κ3) is 6.53. The van der Waals surface area contributed by atoms with E-state index in [1.54, 1.807) is 0 Å². The second-order valence-corrected chi connectivity index (χ2v) is 11.9. The molecule has 0 unspecified atom stereocenters. The summed E-state index contributed by atoms with van der Waals surface area (Å²) in [5, 5.41) is 7.73. The molecule has 2 heterocycles. The standard InChI is InChI=1S/C26H27N5O8S2/c1-25(2,23(34)38-21(16-10-6-4-7-11-16)17-12-8-5-9-13-17)39-30-20(18-15-40-24(27)28-18)22(33)29-26(3)14-19(32)31(26)41(35,36)37/h4-13,15,21H,14H2,1-3H3,(H2,27,28)(H,29,33)(H,35,36,37)/b30-20-/t26-/m0/s1. The SMILES string of the molecule is CC(C)(O/N=C(\C(=O)N[C@]1(C)CC(=O)N1S(=O)(=O)O)c1csc(N)n1)C(=O)OC(c1ccccc1)c1ccccc1. The Balaban J connectivity index is 1.59. The predicted molar refractivity (Wildman–Crippen MR) is 149 cm³/mol. The van der Waals surface area contributed by atoms with Crippen LogP contribution in [-0.4, -0.2) is 57.0 Å². The minimum absolute atomic E-state index is 0.0340. The fourth-order valence-corrected chi connectivity index (χ4v) is 5.52. The number of nitrogens with one attached hydrogen (secondary N) is 1. The molecule has 2 aromatic carbocycles. The number of β-lactam (4-membered cyclic amide) rings is 1. The lowest BCUT2D eigenvalue weighted by molar-refractivity contribution is -0.172. The number of amides is 2. The number of thiazole rings is 1. The van der Waals surface area contributed by atoms with E-state index in [1.165, 1.54) is 26.2 Å². The molecule has 3 aromatic rings. The summed E-state index contributed by atoms with van der Waals surface area (Å²) in [7, 11) is -4.96. The first kappa shape index (κ1) is 29.6. The van der Waals surface area contributed by atoms with Gasteiger partial charge in [0.1, 0.15) is 11.4 Å². The second kappa shape index (κ2) is 11.3. The number of nitrogens with two attached hydrogens (primary N) is 1. The monoisotopic (exact) mass is 601 g/mol. The van der Waals surface area contributed by atoms with Gasteiger partial charge in [-0.25, -0.2) is 9.78 Å². The topological polar surface area (TPSA) is 191 Å². The van der Waals surface area contributed by atoms with E-state index in [2.05, 4.69) is 15.5 Å². The zero-order chi connectivity index (χ0) is 30.0. The molecular formula is C26H27N5O8S2. The van der Waals surface area contributed by atoms with Gasteiger partial charge in [-0.2, -0.15) is 12.7 Å². The summed E-state index contributed by atoms with van der Waals surface area (Å²) in [5.41, 5.74) is 3.16. The summed E-state index contributed by atoms with van der Waals surface area (Å²) in [6.07, 6.45) is -1.18. The van der Waals surface area contributed by atoms with Crippen LogP contribution in [0, 0.1) is 0 Å². The average molecular weight is 602 g/mol. The molecule has 1 saturated heterocycles. The number of anilines is 1. The number of aromatic nitrogens is 1. The van der Waals surface area contributed by atoms with Gasteiger partial charge in [-0.1, -0.05) is 65.8 Å². The third-order valence-electron chi connectivity index (χ3n) is 6.05. The number of oxime groups is 1. The van der Waals surface area contributed by atoms with Gasteiger partial charge < -0.3 is 20.6 Å². The molecule has 1 fully saturated rings. The number of nitrogen functional groups attached to an aromatic ring is 1. The van der Waals surface area contributed by atoms with Gasteiger partial charge in [0.05, 0.1) is 6.42 Å². The lowest BCUT2D eigenvalue weighted by Crippen LogP contribution is -2.72. The Labute approximate surface area is 239 Å². The molecular weight excluding hydrogens is 574 g/mol. The van der Waals surface area contributed by atoms with Crippen LogP contribution < -0.4 is 11.1 Å². The summed E-state index contributed by atoms with van der Waals surface area (Å²) in [4.78, 5) is 48.0. The van der Waals surface area contributed by atoms with Crippen LogP contribution in [0.4, 0.5) is 5.13 Å². The zero-order valence-electron chi connectivity index (χ0n) is 22.2. The molecule has 15 heteroatoms. The molecule has 4 rings (SSSR count). The van der Waals surface area contributed by atoms with Crippen molar-refractivity contribution in [3.63, 3.8) is 0 Å². The van der Waals surface area contributed by atoms with Crippen LogP contribution in [0.2, 0.25) is 0 Å². The van der Waals surface area contributed by atoms with Crippen LogP contribution in [0.5, 0.6) is 0 Å². The third-order valence-corrected chi connectivity index (χ3v) is 7.79. The zero-order valence-corrected chi connectivity index (χ0v) is 23.8. The Bertz CT molecular complexity index is 1550. The number of benzene rings is 2. The molecule has 1 aromatic heterocycles. The number of carbonyl (C=O) groups is 3. The summed E-state index contributed by atoms with van der Waals surface area (Å²) in [6, 6.07) is 18.2. The highest BCUT2D eigenvalue weighted by Gasteiger charge is 2.55. The Kier molecular flexibility index (Phi) is 8.15. The highest BCUT2D eigenvalue weighted by Crippen LogP contribution is 2.32. The van der Waals surface area contributed by atoms with E-state index in [4.69, 9.17) is 15.3 Å². The molecule has 2 amide bonds. The Morgan fingerprint density at radius 3 is 2.17 bits per heavy atom. The number of carbonyl (C=O) groups excluding carboxylic acids is 3. The maximum Gasteiger partial charge on any atom is 0.364 e. The van der Waals surface area contributed by atoms with Crippen molar-refractivity contribution in [2.45, 2.75) is 44.6 Å². The summed E-state index contributed by atoms with van der Waals surface area (Å²) in [6.45, 7) is 4.01. The van der Waals surface area contributed by atoms with Crippen LogP contribution >= 0.6 is 11.3 Å². The van der Waals surface area contributed by atoms with E-state index in [0.29, 0.717) is 0 Å². The van der Waals surface area contributed by atoms with Crippen LogP contribution in [0.15, 0.2) is 71.2 Å². The number of hydrogen-bond acceptors (Lipinski definition) is 11. The summed E-state index contributed by atoms with van der Waals surface area (Å²) < 4.78 is 38.7. The Morgan fingerprint density at radius 1 is 1.15 bits per heavy atom. The highest BCUT2D eigenvalue weighted by atomic mass is 32.2. The van der Waals surface area contributed by atoms with Crippen molar-refractivity contribution >= 4 is 50.3 Å². The lowest BCUT2D eigenvalue weighted by atomic mass is 9.99. The van der Waals surface area contributed by atoms with Crippen molar-refractivity contribution < 1.29 is 36.9 Å². The van der Waals surface area contributed by atoms with E-state index in [-0.39, 0.29) is 15.1 Å². The number of nitrogens with zero attached hydrogens (tertiary/aromatic N) is 3. The van der Waals surface area contributed by atoms with E-state index in [1.807, 2.05) is 60.7 Å². The van der Waals surface area contributed by atoms with Gasteiger partial charge in [0.2, 0.25) is 11.5 Å². The van der Waals surface area contributed by atoms with Crippen molar-refractivity contribution in [3.05, 3.63) is 82.9 Å². The van der Waals surface area contributed by atoms with E-state index >= 15 is 0 Å². The van der Waals surface area contributed by atoms with Crippen molar-refractivity contribution in [3.8, 4) is 0 Å². The van der Waals surface area contributed by atoms with Gasteiger partial charge in [0.25, 0.3) is 5.91 Å². The molecule has 0 aliphatic carbocycles. The van der Waals surface area contributed by atoms with Crippen LogP contribution in [0.3, 0.4) is 0 Å². The first-order valence-electron chi connectivity index (χ1n) is 12.1. The van der Waals surface area contributed by atoms with Gasteiger partial charge in [-0.15, -0.1) is 11.3 Å². The number of ether oxygens (including phenoxy) is 1. The van der Waals surface area contributed by atoms with Crippen LogP contribution in [0.1, 0.15) is 50.1 Å². The van der Waals surface area contributed by atoms with Gasteiger partial charge in [-0.3, -0.25) is 14.1 Å². The number of hydrogen-bond donors (Lipinski definition) is 3. The molecule has 13 nitrogen and oxygen atoms in total. The summed E-state index contributed by atoms with van der Waals surface area (Å²) >= 11 is 0.995. The molecule has 1 aliphatic heterocycles. The molecule has 1 aliphatic rings. The van der Waals surface area contributed by atoms with Gasteiger partial charge >= 0.3 is 16.3 Å². The fourth-order valence-electron chi connectivity index (χ4n) is 4.04. The molecule has 0 bridgehead atoms. The smallest absolute Gasteiger partial charge is 0.364 e. The van der Waals surface area contributed by atoms with Crippen LogP contribution in [-0.2, 0) is 34.3 Å². The summed E-state index contributed by atoms with van der Waals surface area (Å²) in [5.74, 6) is -2.72. The van der Waals surface area contributed by atoms with Crippen LogP contribution in [0.25, 0.3) is 0 Å². The first-order valence-corrected chi connectivity index (χ1v) is 14.4. The minimum Gasteiger partial charge on any atom is -0.450 e. The first-order chi connectivity index (χ1) is 19.2. The van der Waals surface area contributed by atoms with E-state index in [0.717, 1.165) is 22.5 Å². The van der Waals surface area contributed by atoms with Gasteiger partial charge in [-0.05, 0) is 31.9 Å². The number of esters is 1. The largest absolute Gasteiger partial charge is 0.450 e. The van der Waals surface area contributed by atoms with Crippen molar-refractivity contribution in [1.82, 2.24) is 14.6 Å². The average Bonchev–Trinajstić information content (AvgIpc) is 3.32.